The molecule has 0 aliphatic heterocycles. The first-order valence-electron chi connectivity index (χ1n) is 6.18. The Morgan fingerprint density at radius 1 is 1.00 bits per heavy atom. The van der Waals surface area contributed by atoms with Gasteiger partial charge in [-0.3, -0.25) is 4.98 Å². The SMILES string of the molecule is C[CH2][Al]([CH2]C)[CH2]c1ccc2ccccc2n1. The molecule has 0 atom stereocenters. The summed E-state index contributed by atoms with van der Waals surface area (Å²) < 4.78 is 0. The van der Waals surface area contributed by atoms with Gasteiger partial charge in [-0.25, -0.2) is 0 Å². The maximum Gasteiger partial charge on any atom is 0.269 e. The molecule has 82 valence electrons. The summed E-state index contributed by atoms with van der Waals surface area (Å²) in [5, 5.41) is 5.26. The predicted molar refractivity (Wildman–Crippen MR) is 72.2 cm³/mol. The van der Waals surface area contributed by atoms with Crippen LogP contribution in [0.3, 0.4) is 0 Å². The Kier molecular flexibility index (Phi) is 3.99. The Hall–Kier alpha value is -0.838. The van der Waals surface area contributed by atoms with Crippen molar-refractivity contribution in [2.24, 2.45) is 0 Å². The summed E-state index contributed by atoms with van der Waals surface area (Å²) in [4.78, 5) is 4.75. The highest BCUT2D eigenvalue weighted by Crippen LogP contribution is 2.14. The molecular weight excluding hydrogens is 209 g/mol. The van der Waals surface area contributed by atoms with Crippen LogP contribution in [0.2, 0.25) is 10.6 Å². The van der Waals surface area contributed by atoms with Crippen LogP contribution < -0.4 is 0 Å². The van der Waals surface area contributed by atoms with Crippen LogP contribution in [-0.2, 0) is 5.28 Å². The molecule has 0 bridgehead atoms. The smallest absolute Gasteiger partial charge is 0.254 e. The van der Waals surface area contributed by atoms with Crippen LogP contribution >= 0.6 is 0 Å². The number of aromatic nitrogens is 1. The summed E-state index contributed by atoms with van der Waals surface area (Å²) in [6.07, 6.45) is 0. The third-order valence-corrected chi connectivity index (χ3v) is 6.61. The summed E-state index contributed by atoms with van der Waals surface area (Å²) in [6, 6.07) is 12.8. The van der Waals surface area contributed by atoms with E-state index >= 15 is 0 Å². The summed E-state index contributed by atoms with van der Waals surface area (Å²) in [5.74, 6) is 0. The lowest BCUT2D eigenvalue weighted by Crippen LogP contribution is -2.14. The molecule has 1 nitrogen and oxygen atoms in total. The lowest BCUT2D eigenvalue weighted by atomic mass is 10.2. The largest absolute Gasteiger partial charge is 0.269 e. The number of hydrogen-bond donors (Lipinski definition) is 0. The van der Waals surface area contributed by atoms with Crippen molar-refractivity contribution >= 4 is 25.1 Å². The molecule has 2 aromatic rings. The summed E-state index contributed by atoms with van der Waals surface area (Å²) >= 11 is -0.562. The third kappa shape index (κ3) is 2.64. The van der Waals surface area contributed by atoms with Gasteiger partial charge in [0, 0.05) is 11.1 Å². The van der Waals surface area contributed by atoms with Gasteiger partial charge in [0.1, 0.15) is 0 Å². The molecule has 0 fully saturated rings. The number of rotatable bonds is 4. The van der Waals surface area contributed by atoms with Crippen molar-refractivity contribution in [2.75, 3.05) is 0 Å². The van der Waals surface area contributed by atoms with Crippen LogP contribution in [0.25, 0.3) is 10.9 Å². The minimum absolute atomic E-state index is 0.562. The molecule has 0 saturated heterocycles. The van der Waals surface area contributed by atoms with E-state index in [1.165, 1.54) is 26.9 Å². The molecule has 0 saturated carbocycles. The summed E-state index contributed by atoms with van der Waals surface area (Å²) in [6.45, 7) is 4.64. The van der Waals surface area contributed by atoms with Crippen molar-refractivity contribution in [3.05, 3.63) is 42.1 Å². The predicted octanol–water partition coefficient (Wildman–Crippen LogP) is 3.85. The molecule has 2 heteroatoms. The highest BCUT2D eigenvalue weighted by atomic mass is 27.2. The Labute approximate surface area is 102 Å². The Morgan fingerprint density at radius 3 is 2.50 bits per heavy atom. The van der Waals surface area contributed by atoms with Gasteiger partial charge in [0.2, 0.25) is 0 Å². The van der Waals surface area contributed by atoms with Crippen molar-refractivity contribution in [1.82, 2.24) is 4.98 Å². The van der Waals surface area contributed by atoms with Crippen LogP contribution in [0.15, 0.2) is 36.4 Å². The van der Waals surface area contributed by atoms with Gasteiger partial charge < -0.3 is 0 Å². The first-order chi connectivity index (χ1) is 7.83. The van der Waals surface area contributed by atoms with Crippen LogP contribution in [0.5, 0.6) is 0 Å². The monoisotopic (exact) mass is 227 g/mol. The lowest BCUT2D eigenvalue weighted by molar-refractivity contribution is 1.15. The van der Waals surface area contributed by atoms with Gasteiger partial charge in [-0.05, 0) is 12.1 Å². The summed E-state index contributed by atoms with van der Waals surface area (Å²) in [5.41, 5.74) is 2.43. The standard InChI is InChI=1S/C10H8N.2C2H5.Al/c1-8-6-7-9-4-2-3-5-10(9)11-8;2*1-2;/h2-7H,1H2;2*1H2,2H3;. The van der Waals surface area contributed by atoms with Gasteiger partial charge in [-0.15, -0.1) is 0 Å². The second-order valence-corrected chi connectivity index (χ2v) is 8.16. The zero-order valence-corrected chi connectivity index (χ0v) is 11.3. The molecule has 2 rings (SSSR count). The normalized spacial score (nSPS) is 10.6. The molecule has 1 aromatic carbocycles. The third-order valence-electron chi connectivity index (χ3n) is 3.31. The number of benzene rings is 1. The Bertz CT molecular complexity index is 463. The van der Waals surface area contributed by atoms with Gasteiger partial charge in [0.15, 0.2) is 0 Å². The van der Waals surface area contributed by atoms with Gasteiger partial charge in [-0.2, -0.15) is 0 Å². The fourth-order valence-electron chi connectivity index (χ4n) is 2.10. The number of nitrogens with zero attached hydrogens (tertiary/aromatic N) is 1. The van der Waals surface area contributed by atoms with Crippen molar-refractivity contribution < 1.29 is 0 Å². The molecule has 1 aromatic heterocycles. The topological polar surface area (TPSA) is 12.9 Å². The van der Waals surface area contributed by atoms with Crippen molar-refractivity contribution in [2.45, 2.75) is 29.7 Å². The molecule has 0 N–H and O–H groups in total. The fraction of sp³-hybridized carbons (Fsp3) is 0.357. The average Bonchev–Trinajstić information content (AvgIpc) is 2.35. The van der Waals surface area contributed by atoms with Crippen molar-refractivity contribution in [1.29, 1.82) is 0 Å². The Morgan fingerprint density at radius 2 is 1.75 bits per heavy atom. The first kappa shape index (κ1) is 11.6. The van der Waals surface area contributed by atoms with E-state index in [1.807, 2.05) is 0 Å². The number of pyridine rings is 1. The van der Waals surface area contributed by atoms with Gasteiger partial charge in [0.25, 0.3) is 14.1 Å². The van der Waals surface area contributed by atoms with E-state index in [4.69, 9.17) is 4.98 Å². The summed E-state index contributed by atoms with van der Waals surface area (Å²) in [7, 11) is 0. The van der Waals surface area contributed by atoms with E-state index in [-0.39, 0.29) is 0 Å². The van der Waals surface area contributed by atoms with Gasteiger partial charge in [-0.1, -0.05) is 54.0 Å². The quantitative estimate of drug-likeness (QED) is 0.723. The Balaban J connectivity index is 2.25. The van der Waals surface area contributed by atoms with E-state index in [2.05, 4.69) is 50.2 Å². The zero-order chi connectivity index (χ0) is 11.4. The number of fused-ring (bicyclic) bond motifs is 1. The van der Waals surface area contributed by atoms with Crippen LogP contribution in [0.4, 0.5) is 0 Å². The number of hydrogen-bond acceptors (Lipinski definition) is 1. The molecule has 0 radical (unpaired) electrons. The van der Waals surface area contributed by atoms with E-state index in [0.29, 0.717) is 0 Å². The molecular formula is C14H18AlN. The van der Waals surface area contributed by atoms with E-state index in [0.717, 1.165) is 5.52 Å². The second-order valence-electron chi connectivity index (χ2n) is 4.38. The highest BCUT2D eigenvalue weighted by molar-refractivity contribution is 6.57. The van der Waals surface area contributed by atoms with Crippen molar-refractivity contribution in [3.63, 3.8) is 0 Å². The molecule has 16 heavy (non-hydrogen) atoms. The van der Waals surface area contributed by atoms with Gasteiger partial charge >= 0.3 is 0 Å². The highest BCUT2D eigenvalue weighted by Gasteiger charge is 2.13. The lowest BCUT2D eigenvalue weighted by Gasteiger charge is -2.06. The first-order valence-corrected chi connectivity index (χ1v) is 8.63. The van der Waals surface area contributed by atoms with Gasteiger partial charge in [0.05, 0.1) is 5.52 Å². The minimum Gasteiger partial charge on any atom is -0.254 e. The minimum atomic E-state index is -0.562. The molecule has 0 aliphatic rings. The van der Waals surface area contributed by atoms with Crippen LogP contribution in [0, 0.1) is 0 Å². The maximum absolute atomic E-state index is 4.75. The molecule has 1 heterocycles. The molecule has 0 spiro atoms. The zero-order valence-electron chi connectivity index (χ0n) is 10.1. The van der Waals surface area contributed by atoms with E-state index < -0.39 is 14.1 Å². The average molecular weight is 227 g/mol. The second kappa shape index (κ2) is 5.48. The van der Waals surface area contributed by atoms with E-state index in [9.17, 15) is 0 Å². The molecule has 0 amide bonds. The van der Waals surface area contributed by atoms with Crippen molar-refractivity contribution in [3.8, 4) is 0 Å². The maximum atomic E-state index is 4.75. The van der Waals surface area contributed by atoms with Crippen LogP contribution in [0.1, 0.15) is 19.5 Å². The van der Waals surface area contributed by atoms with Crippen LogP contribution in [-0.4, -0.2) is 19.1 Å². The number of para-hydroxylation sites is 1. The molecule has 0 unspecified atom stereocenters. The fourth-order valence-corrected chi connectivity index (χ4v) is 4.07. The molecule has 0 aliphatic carbocycles. The van der Waals surface area contributed by atoms with E-state index in [1.54, 1.807) is 0 Å².